The summed E-state index contributed by atoms with van der Waals surface area (Å²) in [6, 6.07) is 7.11. The molecule has 2 N–H and O–H groups in total. The number of hydrogen-bond donors (Lipinski definition) is 1. The minimum Gasteiger partial charge on any atom is -0.496 e. The van der Waals surface area contributed by atoms with Crippen molar-refractivity contribution >= 4 is 0 Å². The predicted molar refractivity (Wildman–Crippen MR) is 76.3 cm³/mol. The van der Waals surface area contributed by atoms with Crippen LogP contribution < -0.4 is 10.5 Å². The molecule has 0 unspecified atom stereocenters. The largest absolute Gasteiger partial charge is 0.496 e. The molecule has 1 fully saturated rings. The Bertz CT molecular complexity index is 392. The van der Waals surface area contributed by atoms with Crippen molar-refractivity contribution in [3.63, 3.8) is 0 Å². The fourth-order valence-electron chi connectivity index (χ4n) is 2.91. The Morgan fingerprint density at radius 1 is 1.17 bits per heavy atom. The second-order valence-corrected chi connectivity index (χ2v) is 5.77. The predicted octanol–water partition coefficient (Wildman–Crippen LogP) is 3.80. The highest BCUT2D eigenvalue weighted by Crippen LogP contribution is 2.36. The molecule has 1 aromatic rings. The van der Waals surface area contributed by atoms with E-state index in [1.54, 1.807) is 7.11 Å². The van der Waals surface area contributed by atoms with Crippen LogP contribution in [0.1, 0.15) is 62.5 Å². The average molecular weight is 247 g/mol. The van der Waals surface area contributed by atoms with Gasteiger partial charge in [0.2, 0.25) is 0 Å². The van der Waals surface area contributed by atoms with Gasteiger partial charge in [0, 0.05) is 6.04 Å². The SMILES string of the molecule is COc1ccc(C2CCC(N)CC2)cc1C(C)C. The van der Waals surface area contributed by atoms with E-state index in [0.29, 0.717) is 17.9 Å². The number of rotatable bonds is 3. The second-order valence-electron chi connectivity index (χ2n) is 5.77. The van der Waals surface area contributed by atoms with Gasteiger partial charge in [-0.2, -0.15) is 0 Å². The van der Waals surface area contributed by atoms with E-state index < -0.39 is 0 Å². The Kier molecular flexibility index (Phi) is 4.28. The van der Waals surface area contributed by atoms with Crippen LogP contribution in [-0.4, -0.2) is 13.2 Å². The molecule has 0 atom stereocenters. The van der Waals surface area contributed by atoms with Crippen LogP contribution in [0.15, 0.2) is 18.2 Å². The molecule has 1 saturated carbocycles. The summed E-state index contributed by atoms with van der Waals surface area (Å²) in [6.45, 7) is 4.44. The molecule has 0 saturated heterocycles. The molecule has 100 valence electrons. The van der Waals surface area contributed by atoms with Gasteiger partial charge in [0.25, 0.3) is 0 Å². The molecular formula is C16H25NO. The standard InChI is InChI=1S/C16H25NO/c1-11(2)15-10-13(6-9-16(15)18-3)12-4-7-14(17)8-5-12/h6,9-12,14H,4-5,7-8,17H2,1-3H3. The number of benzene rings is 1. The molecule has 2 rings (SSSR count). The molecule has 1 aromatic carbocycles. The van der Waals surface area contributed by atoms with Gasteiger partial charge in [0.15, 0.2) is 0 Å². The van der Waals surface area contributed by atoms with E-state index in [9.17, 15) is 0 Å². The van der Waals surface area contributed by atoms with Gasteiger partial charge < -0.3 is 10.5 Å². The molecule has 1 aliphatic rings. The lowest BCUT2D eigenvalue weighted by Crippen LogP contribution is -2.25. The normalized spacial score (nSPS) is 24.3. The molecule has 18 heavy (non-hydrogen) atoms. The first-order valence-electron chi connectivity index (χ1n) is 7.05. The summed E-state index contributed by atoms with van der Waals surface area (Å²) in [5.74, 6) is 2.21. The Hall–Kier alpha value is -1.02. The Morgan fingerprint density at radius 3 is 2.39 bits per heavy atom. The summed E-state index contributed by atoms with van der Waals surface area (Å²) in [7, 11) is 1.75. The van der Waals surface area contributed by atoms with Crippen molar-refractivity contribution in [3.8, 4) is 5.75 Å². The third-order valence-corrected chi connectivity index (χ3v) is 4.12. The van der Waals surface area contributed by atoms with Gasteiger partial charge in [-0.15, -0.1) is 0 Å². The fourth-order valence-corrected chi connectivity index (χ4v) is 2.91. The number of methoxy groups -OCH3 is 1. The third kappa shape index (κ3) is 2.86. The summed E-state index contributed by atoms with van der Waals surface area (Å²) in [5, 5.41) is 0. The zero-order chi connectivity index (χ0) is 13.1. The molecule has 1 aliphatic carbocycles. The first-order chi connectivity index (χ1) is 8.61. The summed E-state index contributed by atoms with van der Waals surface area (Å²) in [4.78, 5) is 0. The number of ether oxygens (including phenoxy) is 1. The van der Waals surface area contributed by atoms with E-state index in [1.807, 2.05) is 0 Å². The number of hydrogen-bond acceptors (Lipinski definition) is 2. The maximum atomic E-state index is 5.98. The van der Waals surface area contributed by atoms with Gasteiger partial charge in [0.05, 0.1) is 7.11 Å². The van der Waals surface area contributed by atoms with E-state index >= 15 is 0 Å². The lowest BCUT2D eigenvalue weighted by Gasteiger charge is -2.27. The van der Waals surface area contributed by atoms with Crippen molar-refractivity contribution < 1.29 is 4.74 Å². The van der Waals surface area contributed by atoms with Crippen molar-refractivity contribution in [2.75, 3.05) is 7.11 Å². The van der Waals surface area contributed by atoms with Crippen molar-refractivity contribution in [2.24, 2.45) is 5.73 Å². The van der Waals surface area contributed by atoms with Crippen LogP contribution in [0.25, 0.3) is 0 Å². The maximum absolute atomic E-state index is 5.98. The first-order valence-corrected chi connectivity index (χ1v) is 7.05. The number of nitrogens with two attached hydrogens (primary N) is 1. The Morgan fingerprint density at radius 2 is 1.83 bits per heavy atom. The molecule has 0 aromatic heterocycles. The maximum Gasteiger partial charge on any atom is 0.122 e. The van der Waals surface area contributed by atoms with Crippen LogP contribution in [0.3, 0.4) is 0 Å². The van der Waals surface area contributed by atoms with Gasteiger partial charge in [0.1, 0.15) is 5.75 Å². The van der Waals surface area contributed by atoms with Crippen molar-refractivity contribution in [2.45, 2.75) is 57.4 Å². The highest BCUT2D eigenvalue weighted by atomic mass is 16.5. The monoisotopic (exact) mass is 247 g/mol. The summed E-state index contributed by atoms with van der Waals surface area (Å²) < 4.78 is 5.45. The third-order valence-electron chi connectivity index (χ3n) is 4.12. The molecule has 0 amide bonds. The quantitative estimate of drug-likeness (QED) is 0.881. The van der Waals surface area contributed by atoms with Crippen LogP contribution >= 0.6 is 0 Å². The minimum absolute atomic E-state index is 0.420. The lowest BCUT2D eigenvalue weighted by atomic mass is 9.81. The van der Waals surface area contributed by atoms with Gasteiger partial charge in [-0.05, 0) is 54.7 Å². The van der Waals surface area contributed by atoms with Gasteiger partial charge in [-0.3, -0.25) is 0 Å². The zero-order valence-electron chi connectivity index (χ0n) is 11.8. The smallest absolute Gasteiger partial charge is 0.122 e. The highest BCUT2D eigenvalue weighted by Gasteiger charge is 2.21. The van der Waals surface area contributed by atoms with Gasteiger partial charge in [-0.1, -0.05) is 26.0 Å². The van der Waals surface area contributed by atoms with E-state index in [4.69, 9.17) is 10.5 Å². The molecule has 0 spiro atoms. The van der Waals surface area contributed by atoms with Gasteiger partial charge in [-0.25, -0.2) is 0 Å². The molecule has 2 heteroatoms. The van der Waals surface area contributed by atoms with Crippen molar-refractivity contribution in [1.29, 1.82) is 0 Å². The summed E-state index contributed by atoms with van der Waals surface area (Å²) in [6.07, 6.45) is 4.78. The molecule has 0 radical (unpaired) electrons. The topological polar surface area (TPSA) is 35.2 Å². The summed E-state index contributed by atoms with van der Waals surface area (Å²) in [5.41, 5.74) is 8.77. The first kappa shape index (κ1) is 13.4. The van der Waals surface area contributed by atoms with E-state index in [2.05, 4.69) is 32.0 Å². The van der Waals surface area contributed by atoms with Crippen molar-refractivity contribution in [1.82, 2.24) is 0 Å². The summed E-state index contributed by atoms with van der Waals surface area (Å²) >= 11 is 0. The van der Waals surface area contributed by atoms with Crippen molar-refractivity contribution in [3.05, 3.63) is 29.3 Å². The molecule has 0 aliphatic heterocycles. The van der Waals surface area contributed by atoms with E-state index in [0.717, 1.165) is 18.6 Å². The highest BCUT2D eigenvalue weighted by molar-refractivity contribution is 5.40. The van der Waals surface area contributed by atoms with E-state index in [-0.39, 0.29) is 0 Å². The Labute approximate surface area is 111 Å². The average Bonchev–Trinajstić information content (AvgIpc) is 2.39. The zero-order valence-corrected chi connectivity index (χ0v) is 11.8. The fraction of sp³-hybridized carbons (Fsp3) is 0.625. The van der Waals surface area contributed by atoms with Crippen LogP contribution in [0.4, 0.5) is 0 Å². The van der Waals surface area contributed by atoms with E-state index in [1.165, 1.54) is 24.0 Å². The minimum atomic E-state index is 0.420. The lowest BCUT2D eigenvalue weighted by molar-refractivity contribution is 0.392. The Balaban J connectivity index is 2.21. The van der Waals surface area contributed by atoms with Crippen LogP contribution in [0.5, 0.6) is 5.75 Å². The van der Waals surface area contributed by atoms with Crippen LogP contribution in [-0.2, 0) is 0 Å². The molecule has 0 bridgehead atoms. The molecular weight excluding hydrogens is 222 g/mol. The second kappa shape index (κ2) is 5.75. The van der Waals surface area contributed by atoms with Crippen LogP contribution in [0.2, 0.25) is 0 Å². The van der Waals surface area contributed by atoms with Gasteiger partial charge >= 0.3 is 0 Å². The molecule has 0 heterocycles. The molecule has 2 nitrogen and oxygen atoms in total. The van der Waals surface area contributed by atoms with Crippen LogP contribution in [0, 0.1) is 0 Å².